The maximum Gasteiger partial charge on any atom is 0.417 e. The second kappa shape index (κ2) is 7.59. The molecule has 1 aromatic rings. The van der Waals surface area contributed by atoms with Gasteiger partial charge in [-0.15, -0.1) is 0 Å². The fourth-order valence-electron chi connectivity index (χ4n) is 4.06. The SMILES string of the molecule is CN1C(c2cnc(N)cc2C(F)(F)F)=CC(N2CC(F)(F)C2)=NC1N1CCC(O)CC1. The number of pyridine rings is 1. The highest BCUT2D eigenvalue weighted by molar-refractivity contribution is 6.01. The molecule has 3 aliphatic heterocycles. The molecule has 0 radical (unpaired) electrons. The van der Waals surface area contributed by atoms with E-state index >= 15 is 0 Å². The van der Waals surface area contributed by atoms with E-state index in [-0.39, 0.29) is 22.9 Å². The zero-order valence-corrected chi connectivity index (χ0v) is 16.8. The highest BCUT2D eigenvalue weighted by atomic mass is 19.4. The van der Waals surface area contributed by atoms with Gasteiger partial charge in [0.1, 0.15) is 11.7 Å². The number of alkyl halides is 5. The van der Waals surface area contributed by atoms with Crippen LogP contribution in [0.1, 0.15) is 24.0 Å². The number of piperidine rings is 1. The number of aliphatic hydroxyl groups excluding tert-OH is 1. The second-order valence-electron chi connectivity index (χ2n) is 8.11. The summed E-state index contributed by atoms with van der Waals surface area (Å²) in [5.74, 6) is -2.93. The first-order chi connectivity index (χ1) is 14.4. The number of halogens is 5. The van der Waals surface area contributed by atoms with Gasteiger partial charge in [-0.05, 0) is 18.9 Å². The summed E-state index contributed by atoms with van der Waals surface area (Å²) in [6.45, 7) is -0.140. The summed E-state index contributed by atoms with van der Waals surface area (Å²) >= 11 is 0. The minimum Gasteiger partial charge on any atom is -0.393 e. The molecule has 3 N–H and O–H groups in total. The molecule has 2 fully saturated rings. The molecule has 2 saturated heterocycles. The van der Waals surface area contributed by atoms with Gasteiger partial charge in [0.05, 0.1) is 30.5 Å². The van der Waals surface area contributed by atoms with E-state index in [4.69, 9.17) is 5.73 Å². The van der Waals surface area contributed by atoms with E-state index in [0.717, 1.165) is 12.3 Å². The Morgan fingerprint density at radius 1 is 1.19 bits per heavy atom. The lowest BCUT2D eigenvalue weighted by molar-refractivity contribution is -0.137. The maximum absolute atomic E-state index is 13.7. The van der Waals surface area contributed by atoms with Gasteiger partial charge < -0.3 is 20.6 Å². The van der Waals surface area contributed by atoms with Crippen molar-refractivity contribution in [1.29, 1.82) is 0 Å². The van der Waals surface area contributed by atoms with Crippen LogP contribution in [0.2, 0.25) is 0 Å². The molecular formula is C19H23F5N6O. The lowest BCUT2D eigenvalue weighted by Gasteiger charge is -2.46. The Hall–Kier alpha value is -2.47. The number of amidine groups is 1. The van der Waals surface area contributed by atoms with Crippen LogP contribution < -0.4 is 5.73 Å². The fraction of sp³-hybridized carbons (Fsp3) is 0.579. The van der Waals surface area contributed by atoms with E-state index in [1.54, 1.807) is 11.9 Å². The van der Waals surface area contributed by atoms with Crippen LogP contribution in [0.25, 0.3) is 5.70 Å². The number of nitrogens with two attached hydrogens (primary N) is 1. The van der Waals surface area contributed by atoms with Crippen LogP contribution in [0, 0.1) is 0 Å². The van der Waals surface area contributed by atoms with Crippen LogP contribution in [0.5, 0.6) is 0 Å². The molecule has 1 aromatic heterocycles. The van der Waals surface area contributed by atoms with Crippen LogP contribution in [0.15, 0.2) is 23.3 Å². The monoisotopic (exact) mass is 446 g/mol. The Kier molecular flexibility index (Phi) is 5.32. The molecule has 0 bridgehead atoms. The van der Waals surface area contributed by atoms with E-state index in [0.29, 0.717) is 25.9 Å². The van der Waals surface area contributed by atoms with Gasteiger partial charge in [-0.25, -0.2) is 18.8 Å². The second-order valence-corrected chi connectivity index (χ2v) is 8.11. The summed E-state index contributed by atoms with van der Waals surface area (Å²) in [7, 11) is 1.60. The van der Waals surface area contributed by atoms with Gasteiger partial charge >= 0.3 is 6.18 Å². The van der Waals surface area contributed by atoms with Gasteiger partial charge in [0.15, 0.2) is 6.29 Å². The number of anilines is 1. The molecule has 31 heavy (non-hydrogen) atoms. The normalized spacial score (nSPS) is 25.2. The van der Waals surface area contributed by atoms with Crippen LogP contribution in [0.4, 0.5) is 27.8 Å². The number of likely N-dealkylation sites (tertiary alicyclic amines) is 2. The lowest BCUT2D eigenvalue weighted by atomic mass is 10.0. The van der Waals surface area contributed by atoms with E-state index in [1.165, 1.54) is 11.0 Å². The molecule has 7 nitrogen and oxygen atoms in total. The zero-order valence-electron chi connectivity index (χ0n) is 16.8. The third-order valence-corrected chi connectivity index (χ3v) is 5.74. The van der Waals surface area contributed by atoms with Crippen molar-refractivity contribution in [2.75, 3.05) is 39.0 Å². The van der Waals surface area contributed by atoms with E-state index < -0.39 is 43.1 Å². The van der Waals surface area contributed by atoms with Crippen LogP contribution in [0.3, 0.4) is 0 Å². The summed E-state index contributed by atoms with van der Waals surface area (Å²) in [5, 5.41) is 9.79. The quantitative estimate of drug-likeness (QED) is 0.677. The van der Waals surface area contributed by atoms with Crippen molar-refractivity contribution in [3.8, 4) is 0 Å². The molecule has 1 unspecified atom stereocenters. The molecule has 0 aromatic carbocycles. The van der Waals surface area contributed by atoms with E-state index in [9.17, 15) is 27.1 Å². The molecule has 0 aliphatic carbocycles. The number of nitrogens with zero attached hydrogens (tertiary/aromatic N) is 5. The summed E-state index contributed by atoms with van der Waals surface area (Å²) in [6.07, 6.45) is -2.41. The highest BCUT2D eigenvalue weighted by Gasteiger charge is 2.46. The number of aromatic nitrogens is 1. The van der Waals surface area contributed by atoms with Crippen molar-refractivity contribution in [3.63, 3.8) is 0 Å². The standard InChI is InChI=1S/C19H23F5N6O/c1-28-14(12-8-26-15(25)6-13(12)19(22,23)24)7-16(30-9-18(20,21)10-30)27-17(28)29-4-2-11(31)3-5-29/h6-8,11,17,31H,2-5,9-10H2,1H3,(H2,25,26). The lowest BCUT2D eigenvalue weighted by Crippen LogP contribution is -2.60. The molecule has 170 valence electrons. The number of rotatable bonds is 2. The summed E-state index contributed by atoms with van der Waals surface area (Å²) in [6, 6.07) is 0.763. The Labute approximate surface area is 175 Å². The minimum atomic E-state index is -4.68. The van der Waals surface area contributed by atoms with E-state index in [1.807, 2.05) is 4.90 Å². The molecule has 0 amide bonds. The number of nitrogen functional groups attached to an aromatic ring is 1. The highest BCUT2D eigenvalue weighted by Crippen LogP contribution is 2.39. The third-order valence-electron chi connectivity index (χ3n) is 5.74. The molecule has 12 heteroatoms. The van der Waals surface area contributed by atoms with Crippen molar-refractivity contribution < 1.29 is 27.1 Å². The minimum absolute atomic E-state index is 0.163. The fourth-order valence-corrected chi connectivity index (χ4v) is 4.06. The first-order valence-corrected chi connectivity index (χ1v) is 9.85. The van der Waals surface area contributed by atoms with Crippen molar-refractivity contribution in [2.24, 2.45) is 4.99 Å². The van der Waals surface area contributed by atoms with Crippen LogP contribution >= 0.6 is 0 Å². The Balaban J connectivity index is 1.75. The first-order valence-electron chi connectivity index (χ1n) is 9.85. The van der Waals surface area contributed by atoms with Gasteiger partial charge in [-0.3, -0.25) is 4.90 Å². The predicted molar refractivity (Wildman–Crippen MR) is 104 cm³/mol. The third kappa shape index (κ3) is 4.31. The van der Waals surface area contributed by atoms with Crippen molar-refractivity contribution >= 4 is 17.4 Å². The molecule has 0 spiro atoms. The first kappa shape index (κ1) is 21.8. The molecule has 0 saturated carbocycles. The smallest absolute Gasteiger partial charge is 0.393 e. The zero-order chi connectivity index (χ0) is 22.6. The molecule has 4 rings (SSSR count). The molecular weight excluding hydrogens is 423 g/mol. The largest absolute Gasteiger partial charge is 0.417 e. The number of hydrogen-bond acceptors (Lipinski definition) is 7. The maximum atomic E-state index is 13.7. The summed E-state index contributed by atoms with van der Waals surface area (Å²) < 4.78 is 68.1. The van der Waals surface area contributed by atoms with Gasteiger partial charge in [0.2, 0.25) is 0 Å². The number of aliphatic imine (C=N–C) groups is 1. The van der Waals surface area contributed by atoms with E-state index in [2.05, 4.69) is 9.98 Å². The van der Waals surface area contributed by atoms with Crippen molar-refractivity contribution in [3.05, 3.63) is 29.5 Å². The topological polar surface area (TPSA) is 81.2 Å². The predicted octanol–water partition coefficient (Wildman–Crippen LogP) is 2.06. The summed E-state index contributed by atoms with van der Waals surface area (Å²) in [5.41, 5.74) is 4.49. The molecule has 1 atom stereocenters. The van der Waals surface area contributed by atoms with Gasteiger partial charge in [-0.2, -0.15) is 13.2 Å². The Bertz CT molecular complexity index is 902. The average Bonchev–Trinajstić information content (AvgIpc) is 2.66. The Morgan fingerprint density at radius 3 is 2.42 bits per heavy atom. The molecule has 3 aliphatic rings. The summed E-state index contributed by atoms with van der Waals surface area (Å²) in [4.78, 5) is 13.2. The number of aliphatic hydroxyl groups is 1. The van der Waals surface area contributed by atoms with Gasteiger partial charge in [0, 0.05) is 38.0 Å². The number of hydrogen-bond donors (Lipinski definition) is 2. The molecule has 4 heterocycles. The van der Waals surface area contributed by atoms with Gasteiger partial charge in [0.25, 0.3) is 5.92 Å². The van der Waals surface area contributed by atoms with Crippen molar-refractivity contribution in [1.82, 2.24) is 19.7 Å². The van der Waals surface area contributed by atoms with Crippen LogP contribution in [-0.4, -0.2) is 82.2 Å². The van der Waals surface area contributed by atoms with Crippen LogP contribution in [-0.2, 0) is 6.18 Å². The van der Waals surface area contributed by atoms with Crippen molar-refractivity contribution in [2.45, 2.75) is 37.3 Å². The Morgan fingerprint density at radius 2 is 1.84 bits per heavy atom. The average molecular weight is 446 g/mol. The van der Waals surface area contributed by atoms with Gasteiger partial charge in [-0.1, -0.05) is 0 Å².